The van der Waals surface area contributed by atoms with E-state index in [1.165, 1.54) is 0 Å². The van der Waals surface area contributed by atoms with E-state index in [0.29, 0.717) is 39.6 Å². The van der Waals surface area contributed by atoms with Gasteiger partial charge in [0.2, 0.25) is 0 Å². The van der Waals surface area contributed by atoms with Crippen molar-refractivity contribution in [1.29, 1.82) is 0 Å². The van der Waals surface area contributed by atoms with Crippen molar-refractivity contribution in [2.75, 3.05) is 18.0 Å². The van der Waals surface area contributed by atoms with E-state index >= 15 is 0 Å². The molecule has 0 spiro atoms. The van der Waals surface area contributed by atoms with Gasteiger partial charge in [-0.2, -0.15) is 0 Å². The van der Waals surface area contributed by atoms with Gasteiger partial charge >= 0.3 is 5.63 Å². The van der Waals surface area contributed by atoms with Crippen LogP contribution in [0.4, 0.5) is 5.69 Å². The summed E-state index contributed by atoms with van der Waals surface area (Å²) in [6, 6.07) is 10.6. The summed E-state index contributed by atoms with van der Waals surface area (Å²) in [5.41, 5.74) is 3.86. The predicted octanol–water partition coefficient (Wildman–Crippen LogP) is 4.26. The highest BCUT2D eigenvalue weighted by Crippen LogP contribution is 2.27. The summed E-state index contributed by atoms with van der Waals surface area (Å²) in [6.45, 7) is 8.16. The van der Waals surface area contributed by atoms with Crippen LogP contribution >= 0.6 is 11.6 Å². The van der Waals surface area contributed by atoms with Crippen molar-refractivity contribution in [3.8, 4) is 11.3 Å². The Balaban J connectivity index is 1.56. The van der Waals surface area contributed by atoms with Crippen LogP contribution in [0.1, 0.15) is 19.4 Å². The zero-order valence-electron chi connectivity index (χ0n) is 17.1. The van der Waals surface area contributed by atoms with Crippen LogP contribution in [0.5, 0.6) is 0 Å². The summed E-state index contributed by atoms with van der Waals surface area (Å²) in [7, 11) is 0. The van der Waals surface area contributed by atoms with Crippen molar-refractivity contribution in [3.63, 3.8) is 0 Å². The highest BCUT2D eigenvalue weighted by molar-refractivity contribution is 6.33. The number of fused-ring (bicyclic) bond motifs is 2. The molecule has 4 aromatic rings. The summed E-state index contributed by atoms with van der Waals surface area (Å²) in [4.78, 5) is 19.7. The number of aryl methyl sites for hydroxylation is 1. The Kier molecular flexibility index (Phi) is 4.56. The van der Waals surface area contributed by atoms with Gasteiger partial charge in [0.25, 0.3) is 0 Å². The second-order valence-electron chi connectivity index (χ2n) is 8.27. The van der Waals surface area contributed by atoms with Crippen molar-refractivity contribution in [2.45, 2.75) is 32.9 Å². The lowest BCUT2D eigenvalue weighted by Crippen LogP contribution is -2.54. The molecule has 4 heterocycles. The monoisotopic (exact) mass is 422 g/mol. The van der Waals surface area contributed by atoms with Crippen LogP contribution in [-0.2, 0) is 0 Å². The summed E-state index contributed by atoms with van der Waals surface area (Å²) < 4.78 is 7.54. The first kappa shape index (κ1) is 19.2. The van der Waals surface area contributed by atoms with Crippen LogP contribution in [0, 0.1) is 6.92 Å². The Hall–Kier alpha value is -2.83. The normalized spacial score (nSPS) is 19.7. The van der Waals surface area contributed by atoms with E-state index in [4.69, 9.17) is 16.0 Å². The Bertz CT molecular complexity index is 1320. The van der Waals surface area contributed by atoms with Gasteiger partial charge in [0.15, 0.2) is 5.65 Å². The molecule has 3 aromatic heterocycles. The van der Waals surface area contributed by atoms with Gasteiger partial charge in [0.05, 0.1) is 16.3 Å². The Morgan fingerprint density at radius 2 is 1.90 bits per heavy atom. The first-order valence-corrected chi connectivity index (χ1v) is 10.5. The number of halogens is 1. The maximum absolute atomic E-state index is 12.8. The molecule has 0 aliphatic carbocycles. The Labute approximate surface area is 179 Å². The molecule has 30 heavy (non-hydrogen) atoms. The number of aromatic nitrogens is 2. The molecule has 154 valence electrons. The van der Waals surface area contributed by atoms with Crippen molar-refractivity contribution >= 4 is 33.9 Å². The first-order valence-electron chi connectivity index (χ1n) is 10.1. The number of anilines is 1. The highest BCUT2D eigenvalue weighted by atomic mass is 35.5. The standard InChI is InChI=1S/C23H23ClN4O2/c1-13-6-19(24)22-26-20(12-28(22)9-13)18-7-16-4-5-17(8-21(16)30-23(18)29)27-10-14(2)25-15(3)11-27/h4-9,12,14-15,25H,10-11H2,1-3H3/t14-,15?/m0/s1. The molecule has 7 heteroatoms. The van der Waals surface area contributed by atoms with Gasteiger partial charge in [-0.3, -0.25) is 0 Å². The van der Waals surface area contributed by atoms with E-state index in [1.54, 1.807) is 0 Å². The van der Waals surface area contributed by atoms with Crippen LogP contribution < -0.4 is 15.8 Å². The molecule has 1 N–H and O–H groups in total. The van der Waals surface area contributed by atoms with E-state index in [9.17, 15) is 4.79 Å². The van der Waals surface area contributed by atoms with E-state index in [2.05, 4.69) is 35.1 Å². The topological polar surface area (TPSA) is 62.8 Å². The highest BCUT2D eigenvalue weighted by Gasteiger charge is 2.22. The van der Waals surface area contributed by atoms with E-state index in [1.807, 2.05) is 48.0 Å². The molecule has 1 aromatic carbocycles. The number of nitrogens with one attached hydrogen (secondary N) is 1. The number of nitrogens with zero attached hydrogens (tertiary/aromatic N) is 3. The molecule has 0 amide bonds. The molecule has 0 bridgehead atoms. The molecule has 0 radical (unpaired) electrons. The smallest absolute Gasteiger partial charge is 0.345 e. The van der Waals surface area contributed by atoms with E-state index in [-0.39, 0.29) is 0 Å². The number of hydrogen-bond acceptors (Lipinski definition) is 5. The second-order valence-corrected chi connectivity index (χ2v) is 8.67. The van der Waals surface area contributed by atoms with Crippen molar-refractivity contribution in [3.05, 3.63) is 63.7 Å². The Morgan fingerprint density at radius 1 is 1.13 bits per heavy atom. The summed E-state index contributed by atoms with van der Waals surface area (Å²) in [6.07, 6.45) is 3.74. The fourth-order valence-electron chi connectivity index (χ4n) is 4.33. The molecule has 5 rings (SSSR count). The lowest BCUT2D eigenvalue weighted by molar-refractivity contribution is 0.407. The number of imidazole rings is 1. The summed E-state index contributed by atoms with van der Waals surface area (Å²) >= 11 is 6.32. The van der Waals surface area contributed by atoms with E-state index < -0.39 is 5.63 Å². The van der Waals surface area contributed by atoms with Gasteiger partial charge in [-0.1, -0.05) is 11.6 Å². The van der Waals surface area contributed by atoms with Gasteiger partial charge in [0, 0.05) is 54.7 Å². The summed E-state index contributed by atoms with van der Waals surface area (Å²) in [5, 5.41) is 4.95. The lowest BCUT2D eigenvalue weighted by atomic mass is 10.1. The largest absolute Gasteiger partial charge is 0.422 e. The third-order valence-corrected chi connectivity index (χ3v) is 5.84. The number of pyridine rings is 1. The lowest BCUT2D eigenvalue weighted by Gasteiger charge is -2.37. The Morgan fingerprint density at radius 3 is 2.67 bits per heavy atom. The van der Waals surface area contributed by atoms with E-state index in [0.717, 1.165) is 29.7 Å². The fourth-order valence-corrected chi connectivity index (χ4v) is 4.64. The molecule has 1 unspecified atom stereocenters. The van der Waals surface area contributed by atoms with Crippen LogP contribution in [0.3, 0.4) is 0 Å². The minimum Gasteiger partial charge on any atom is -0.422 e. The molecule has 6 nitrogen and oxygen atoms in total. The van der Waals surface area contributed by atoms with Crippen LogP contribution in [0.15, 0.2) is 51.9 Å². The van der Waals surface area contributed by atoms with Crippen molar-refractivity contribution < 1.29 is 4.42 Å². The van der Waals surface area contributed by atoms with Crippen molar-refractivity contribution in [2.24, 2.45) is 0 Å². The first-order chi connectivity index (χ1) is 14.4. The molecule has 1 aliphatic heterocycles. The van der Waals surface area contributed by atoms with Gasteiger partial charge in [0.1, 0.15) is 5.58 Å². The quantitative estimate of drug-likeness (QED) is 0.489. The number of benzene rings is 1. The average Bonchev–Trinajstić information content (AvgIpc) is 3.10. The SMILES string of the molecule is Cc1cc(Cl)c2nc(-c3cc4ccc(N5CC(C)N[C@@H](C)C5)cc4oc3=O)cn2c1. The zero-order valence-corrected chi connectivity index (χ0v) is 17.9. The number of rotatable bonds is 2. The summed E-state index contributed by atoms with van der Waals surface area (Å²) in [5.74, 6) is 0. The molecule has 2 atom stereocenters. The molecule has 1 fully saturated rings. The fraction of sp³-hybridized carbons (Fsp3) is 0.304. The maximum Gasteiger partial charge on any atom is 0.345 e. The molecular formula is C23H23ClN4O2. The van der Waals surface area contributed by atoms with Crippen molar-refractivity contribution in [1.82, 2.24) is 14.7 Å². The maximum atomic E-state index is 12.8. The van der Waals surface area contributed by atoms with Crippen LogP contribution in [-0.4, -0.2) is 34.6 Å². The minimum absolute atomic E-state index is 0.405. The van der Waals surface area contributed by atoms with Gasteiger partial charge in [-0.15, -0.1) is 0 Å². The van der Waals surface area contributed by atoms with Crippen LogP contribution in [0.25, 0.3) is 27.9 Å². The van der Waals surface area contributed by atoms with Gasteiger partial charge in [-0.05, 0) is 50.6 Å². The molecule has 0 saturated carbocycles. The van der Waals surface area contributed by atoms with Crippen LogP contribution in [0.2, 0.25) is 5.02 Å². The third-order valence-electron chi connectivity index (χ3n) is 5.56. The predicted molar refractivity (Wildman–Crippen MR) is 121 cm³/mol. The average molecular weight is 423 g/mol. The number of hydrogen-bond donors (Lipinski definition) is 1. The third kappa shape index (κ3) is 3.36. The zero-order chi connectivity index (χ0) is 21.0. The second kappa shape index (κ2) is 7.15. The van der Waals surface area contributed by atoms with Gasteiger partial charge in [-0.25, -0.2) is 9.78 Å². The van der Waals surface area contributed by atoms with Gasteiger partial charge < -0.3 is 19.0 Å². The number of piperazine rings is 1. The molecular weight excluding hydrogens is 400 g/mol. The molecule has 1 aliphatic rings. The molecule has 1 saturated heterocycles. The minimum atomic E-state index is -0.405.